The number of hydrogen-bond donors (Lipinski definition) is 2. The van der Waals surface area contributed by atoms with Gasteiger partial charge in [0.15, 0.2) is 5.82 Å². The Morgan fingerprint density at radius 2 is 2.05 bits per heavy atom. The number of anilines is 1. The van der Waals surface area contributed by atoms with Gasteiger partial charge in [-0.1, -0.05) is 6.07 Å². The van der Waals surface area contributed by atoms with Gasteiger partial charge in [-0.3, -0.25) is 4.79 Å². The summed E-state index contributed by atoms with van der Waals surface area (Å²) in [5.74, 6) is -1.47. The Kier molecular flexibility index (Phi) is 2.97. The maximum absolute atomic E-state index is 13.7. The Morgan fingerprint density at radius 1 is 1.30 bits per heavy atom. The number of nitrogens with one attached hydrogen (secondary N) is 2. The van der Waals surface area contributed by atoms with E-state index < -0.39 is 35.2 Å². The molecular formula is C13H12F4N2O. The number of amides is 1. The molecule has 0 aromatic heterocycles. The minimum Gasteiger partial charge on any atom is -0.322 e. The van der Waals surface area contributed by atoms with Gasteiger partial charge in [-0.2, -0.15) is 13.2 Å². The zero-order valence-electron chi connectivity index (χ0n) is 10.3. The molecule has 1 saturated carbocycles. The van der Waals surface area contributed by atoms with Crippen LogP contribution in [0.2, 0.25) is 0 Å². The predicted octanol–water partition coefficient (Wildman–Crippen LogP) is 2.53. The first-order valence-electron chi connectivity index (χ1n) is 6.29. The lowest BCUT2D eigenvalue weighted by Gasteiger charge is -2.15. The number of rotatable bonds is 2. The Hall–Kier alpha value is -1.63. The van der Waals surface area contributed by atoms with E-state index in [1.54, 1.807) is 0 Å². The largest absolute Gasteiger partial charge is 0.419 e. The number of hydrogen-bond acceptors (Lipinski definition) is 2. The fourth-order valence-electron chi connectivity index (χ4n) is 2.59. The summed E-state index contributed by atoms with van der Waals surface area (Å²) in [6, 6.07) is 2.72. The molecule has 0 bridgehead atoms. The van der Waals surface area contributed by atoms with Crippen LogP contribution in [0.25, 0.3) is 0 Å². The van der Waals surface area contributed by atoms with Gasteiger partial charge in [0.2, 0.25) is 5.91 Å². The highest BCUT2D eigenvalue weighted by Crippen LogP contribution is 2.41. The van der Waals surface area contributed by atoms with Crippen LogP contribution in [0.4, 0.5) is 23.2 Å². The van der Waals surface area contributed by atoms with E-state index in [9.17, 15) is 22.4 Å². The van der Waals surface area contributed by atoms with Crippen LogP contribution < -0.4 is 10.6 Å². The first-order chi connectivity index (χ1) is 9.36. The molecule has 1 aliphatic carbocycles. The summed E-state index contributed by atoms with van der Waals surface area (Å²) in [7, 11) is 0. The molecule has 3 rings (SSSR count). The molecule has 2 N–H and O–H groups in total. The third-order valence-electron chi connectivity index (χ3n) is 3.75. The monoisotopic (exact) mass is 288 g/mol. The molecule has 2 aliphatic rings. The van der Waals surface area contributed by atoms with Crippen LogP contribution in [0, 0.1) is 11.7 Å². The number of carbonyl (C=O) groups is 1. The van der Waals surface area contributed by atoms with Gasteiger partial charge in [0, 0.05) is 6.04 Å². The molecule has 7 heteroatoms. The SMILES string of the molecule is O=C(Nc1cccc(C(F)(F)F)c1F)C1CC2CC2N1. The van der Waals surface area contributed by atoms with Crippen molar-refractivity contribution in [1.29, 1.82) is 0 Å². The van der Waals surface area contributed by atoms with Crippen molar-refractivity contribution < 1.29 is 22.4 Å². The van der Waals surface area contributed by atoms with Gasteiger partial charge < -0.3 is 10.6 Å². The lowest BCUT2D eigenvalue weighted by Crippen LogP contribution is -2.38. The number of halogens is 4. The van der Waals surface area contributed by atoms with Crippen LogP contribution in [-0.2, 0) is 11.0 Å². The van der Waals surface area contributed by atoms with Crippen molar-refractivity contribution in [3.8, 4) is 0 Å². The number of piperidine rings is 1. The Morgan fingerprint density at radius 3 is 2.65 bits per heavy atom. The lowest BCUT2D eigenvalue weighted by molar-refractivity contribution is -0.140. The van der Waals surface area contributed by atoms with Crippen molar-refractivity contribution >= 4 is 11.6 Å². The second kappa shape index (κ2) is 4.44. The third kappa shape index (κ3) is 2.37. The van der Waals surface area contributed by atoms with E-state index in [1.807, 2.05) is 0 Å². The van der Waals surface area contributed by atoms with Crippen molar-refractivity contribution in [1.82, 2.24) is 5.32 Å². The number of fused-ring (bicyclic) bond motifs is 1. The van der Waals surface area contributed by atoms with Gasteiger partial charge in [-0.15, -0.1) is 0 Å². The molecule has 1 heterocycles. The molecule has 1 aromatic carbocycles. The summed E-state index contributed by atoms with van der Waals surface area (Å²) < 4.78 is 51.4. The summed E-state index contributed by atoms with van der Waals surface area (Å²) in [5, 5.41) is 5.28. The van der Waals surface area contributed by atoms with Gasteiger partial charge in [-0.05, 0) is 30.9 Å². The van der Waals surface area contributed by atoms with Gasteiger partial charge in [0.05, 0.1) is 17.3 Å². The van der Waals surface area contributed by atoms with Crippen LogP contribution in [0.15, 0.2) is 18.2 Å². The third-order valence-corrected chi connectivity index (χ3v) is 3.75. The molecule has 1 aliphatic heterocycles. The molecule has 3 unspecified atom stereocenters. The van der Waals surface area contributed by atoms with Crippen molar-refractivity contribution in [2.45, 2.75) is 31.1 Å². The molecular weight excluding hydrogens is 276 g/mol. The number of carbonyl (C=O) groups excluding carboxylic acids is 1. The topological polar surface area (TPSA) is 41.1 Å². The van der Waals surface area contributed by atoms with Gasteiger partial charge in [0.25, 0.3) is 0 Å². The quantitative estimate of drug-likeness (QED) is 0.821. The highest BCUT2D eigenvalue weighted by atomic mass is 19.4. The fourth-order valence-corrected chi connectivity index (χ4v) is 2.59. The van der Waals surface area contributed by atoms with Gasteiger partial charge >= 0.3 is 6.18 Å². The molecule has 2 fully saturated rings. The number of alkyl halides is 3. The molecule has 1 saturated heterocycles. The van der Waals surface area contributed by atoms with Crippen molar-refractivity contribution in [2.75, 3.05) is 5.32 Å². The molecule has 108 valence electrons. The molecule has 0 spiro atoms. The van der Waals surface area contributed by atoms with Crippen LogP contribution in [-0.4, -0.2) is 18.0 Å². The first-order valence-corrected chi connectivity index (χ1v) is 6.29. The average Bonchev–Trinajstić information content (AvgIpc) is 2.97. The molecule has 1 aromatic rings. The van der Waals surface area contributed by atoms with E-state index in [0.717, 1.165) is 18.6 Å². The molecule has 3 atom stereocenters. The minimum atomic E-state index is -4.78. The van der Waals surface area contributed by atoms with E-state index >= 15 is 0 Å². The van der Waals surface area contributed by atoms with E-state index in [-0.39, 0.29) is 0 Å². The molecule has 0 radical (unpaired) electrons. The Bertz CT molecular complexity index is 548. The second-order valence-electron chi connectivity index (χ2n) is 5.21. The van der Waals surface area contributed by atoms with Gasteiger partial charge in [0.1, 0.15) is 0 Å². The van der Waals surface area contributed by atoms with Crippen molar-refractivity contribution in [3.05, 3.63) is 29.6 Å². The summed E-state index contributed by atoms with van der Waals surface area (Å²) >= 11 is 0. The standard InChI is InChI=1S/C13H12F4N2O/c14-11-7(13(15,16)17)2-1-3-8(11)19-12(20)10-5-6-4-9(6)18-10/h1-3,6,9-10,18H,4-5H2,(H,19,20). The Labute approximate surface area is 112 Å². The fraction of sp³-hybridized carbons (Fsp3) is 0.462. The van der Waals surface area contributed by atoms with E-state index in [4.69, 9.17) is 0 Å². The average molecular weight is 288 g/mol. The van der Waals surface area contributed by atoms with Crippen molar-refractivity contribution in [2.24, 2.45) is 5.92 Å². The highest BCUT2D eigenvalue weighted by Gasteiger charge is 2.48. The van der Waals surface area contributed by atoms with Crippen LogP contribution >= 0.6 is 0 Å². The number of benzene rings is 1. The lowest BCUT2D eigenvalue weighted by atomic mass is 10.1. The maximum Gasteiger partial charge on any atom is 0.419 e. The van der Waals surface area contributed by atoms with E-state index in [1.165, 1.54) is 0 Å². The zero-order chi connectivity index (χ0) is 14.5. The summed E-state index contributed by atoms with van der Waals surface area (Å²) in [6.45, 7) is 0. The molecule has 20 heavy (non-hydrogen) atoms. The molecule has 1 amide bonds. The van der Waals surface area contributed by atoms with Crippen LogP contribution in [0.5, 0.6) is 0 Å². The zero-order valence-corrected chi connectivity index (χ0v) is 10.3. The minimum absolute atomic E-state index is 0.331. The maximum atomic E-state index is 13.7. The van der Waals surface area contributed by atoms with Crippen LogP contribution in [0.3, 0.4) is 0 Å². The smallest absolute Gasteiger partial charge is 0.322 e. The second-order valence-corrected chi connectivity index (χ2v) is 5.21. The van der Waals surface area contributed by atoms with Gasteiger partial charge in [-0.25, -0.2) is 4.39 Å². The first kappa shape index (κ1) is 13.4. The van der Waals surface area contributed by atoms with Crippen molar-refractivity contribution in [3.63, 3.8) is 0 Å². The predicted molar refractivity (Wildman–Crippen MR) is 63.5 cm³/mol. The summed E-state index contributed by atoms with van der Waals surface area (Å²) in [4.78, 5) is 11.9. The highest BCUT2D eigenvalue weighted by molar-refractivity contribution is 5.95. The molecule has 3 nitrogen and oxygen atoms in total. The normalized spacial score (nSPS) is 28.1. The van der Waals surface area contributed by atoms with E-state index in [2.05, 4.69) is 10.6 Å². The van der Waals surface area contributed by atoms with Crippen LogP contribution in [0.1, 0.15) is 18.4 Å². The summed E-state index contributed by atoms with van der Waals surface area (Å²) in [5.41, 5.74) is -1.82. The summed E-state index contributed by atoms with van der Waals surface area (Å²) in [6.07, 6.45) is -3.10. The Balaban J connectivity index is 1.75. The van der Waals surface area contributed by atoms with E-state index in [0.29, 0.717) is 24.4 Å².